The zero-order valence-electron chi connectivity index (χ0n) is 9.86. The quantitative estimate of drug-likeness (QED) is 0.894. The van der Waals surface area contributed by atoms with Crippen LogP contribution in [0.15, 0.2) is 29.4 Å². The smallest absolute Gasteiger partial charge is 0.278 e. The third kappa shape index (κ3) is 2.51. The van der Waals surface area contributed by atoms with Crippen molar-refractivity contribution in [2.75, 3.05) is 4.72 Å². The predicted molar refractivity (Wildman–Crippen MR) is 65.3 cm³/mol. The number of hydrogen-bond donors (Lipinski definition) is 2. The van der Waals surface area contributed by atoms with Crippen LogP contribution in [0.25, 0.3) is 0 Å². The van der Waals surface area contributed by atoms with E-state index < -0.39 is 15.8 Å². The molecule has 18 heavy (non-hydrogen) atoms. The number of H-pyrrole nitrogens is 1. The van der Waals surface area contributed by atoms with E-state index in [1.165, 1.54) is 18.3 Å². The van der Waals surface area contributed by atoms with Gasteiger partial charge in [0.2, 0.25) is 0 Å². The second-order valence-electron chi connectivity index (χ2n) is 3.90. The van der Waals surface area contributed by atoms with Gasteiger partial charge in [0.25, 0.3) is 10.0 Å². The molecule has 0 unspecified atom stereocenters. The summed E-state index contributed by atoms with van der Waals surface area (Å²) < 4.78 is 39.4. The number of nitrogens with one attached hydrogen (secondary N) is 2. The number of imidazole rings is 1. The first-order valence-electron chi connectivity index (χ1n) is 5.19. The van der Waals surface area contributed by atoms with Crippen molar-refractivity contribution >= 4 is 15.7 Å². The monoisotopic (exact) mass is 269 g/mol. The molecule has 2 rings (SSSR count). The van der Waals surface area contributed by atoms with Crippen LogP contribution in [0.5, 0.6) is 0 Å². The molecule has 1 aromatic carbocycles. The molecule has 0 aliphatic rings. The van der Waals surface area contributed by atoms with Crippen LogP contribution in [0.2, 0.25) is 0 Å². The molecule has 7 heteroatoms. The van der Waals surface area contributed by atoms with Crippen molar-refractivity contribution in [2.24, 2.45) is 0 Å². The van der Waals surface area contributed by atoms with Crippen LogP contribution in [-0.2, 0) is 10.0 Å². The summed E-state index contributed by atoms with van der Waals surface area (Å²) in [4.78, 5) is 6.41. The number of halogens is 1. The van der Waals surface area contributed by atoms with Gasteiger partial charge >= 0.3 is 0 Å². The number of benzene rings is 1. The first-order chi connectivity index (χ1) is 8.38. The Bertz CT molecular complexity index is 679. The molecule has 0 saturated heterocycles. The highest BCUT2D eigenvalue weighted by Gasteiger charge is 2.16. The van der Waals surface area contributed by atoms with Gasteiger partial charge in [0.15, 0.2) is 5.03 Å². The number of nitrogens with zero attached hydrogens (tertiary/aromatic N) is 1. The number of anilines is 1. The molecule has 0 aliphatic heterocycles. The van der Waals surface area contributed by atoms with Crippen molar-refractivity contribution in [3.63, 3.8) is 0 Å². The highest BCUT2D eigenvalue weighted by molar-refractivity contribution is 7.92. The molecular formula is C11H12FN3O2S. The lowest BCUT2D eigenvalue weighted by atomic mass is 10.2. The van der Waals surface area contributed by atoms with E-state index in [2.05, 4.69) is 14.7 Å². The predicted octanol–water partition coefficient (Wildman–Crippen LogP) is 1.97. The molecule has 1 heterocycles. The van der Waals surface area contributed by atoms with Gasteiger partial charge in [0, 0.05) is 0 Å². The third-order valence-electron chi connectivity index (χ3n) is 2.39. The summed E-state index contributed by atoms with van der Waals surface area (Å²) in [6.07, 6.45) is 1.21. The summed E-state index contributed by atoms with van der Waals surface area (Å²) in [5, 5.41) is -0.0546. The molecule has 0 atom stereocenters. The largest absolute Gasteiger partial charge is 0.332 e. The fourth-order valence-electron chi connectivity index (χ4n) is 1.40. The van der Waals surface area contributed by atoms with E-state index in [0.717, 1.165) is 6.07 Å². The topological polar surface area (TPSA) is 74.8 Å². The number of aromatic amines is 1. The van der Waals surface area contributed by atoms with Gasteiger partial charge in [0.1, 0.15) is 11.6 Å². The Morgan fingerprint density at radius 1 is 1.33 bits per heavy atom. The van der Waals surface area contributed by atoms with Crippen LogP contribution in [0, 0.1) is 19.7 Å². The average molecular weight is 269 g/mol. The molecule has 0 bridgehead atoms. The summed E-state index contributed by atoms with van der Waals surface area (Å²) in [6, 6.07) is 4.14. The molecule has 0 radical (unpaired) electrons. The maximum absolute atomic E-state index is 13.3. The van der Waals surface area contributed by atoms with Crippen molar-refractivity contribution in [1.82, 2.24) is 9.97 Å². The normalized spacial score (nSPS) is 11.5. The number of sulfonamides is 1. The molecule has 2 N–H and O–H groups in total. The van der Waals surface area contributed by atoms with E-state index in [1.54, 1.807) is 13.8 Å². The second-order valence-corrected chi connectivity index (χ2v) is 5.55. The second kappa shape index (κ2) is 4.41. The summed E-state index contributed by atoms with van der Waals surface area (Å²) in [5.74, 6) is 0.0291. The Labute approximate surface area is 104 Å². The molecule has 2 aromatic rings. The highest BCUT2D eigenvalue weighted by Crippen LogP contribution is 2.17. The molecule has 0 spiro atoms. The lowest BCUT2D eigenvalue weighted by molar-refractivity contribution is 0.598. The van der Waals surface area contributed by atoms with Gasteiger partial charge in [-0.3, -0.25) is 4.72 Å². The standard InChI is InChI=1S/C11H12FN3O2S/c1-7-3-4-9(5-10(7)12)15-18(16,17)11-6-13-8(2)14-11/h3-6,15H,1-2H3,(H,13,14). The van der Waals surface area contributed by atoms with E-state index in [-0.39, 0.29) is 10.7 Å². The van der Waals surface area contributed by atoms with Crippen LogP contribution in [0.4, 0.5) is 10.1 Å². The zero-order chi connectivity index (χ0) is 13.3. The fraction of sp³-hybridized carbons (Fsp3) is 0.182. The van der Waals surface area contributed by atoms with E-state index >= 15 is 0 Å². The van der Waals surface area contributed by atoms with Gasteiger partial charge in [-0.05, 0) is 31.5 Å². The Kier molecular flexibility index (Phi) is 3.08. The third-order valence-corrected chi connectivity index (χ3v) is 3.68. The molecule has 5 nitrogen and oxygen atoms in total. The number of hydrogen-bond acceptors (Lipinski definition) is 3. The Balaban J connectivity index is 2.30. The molecule has 0 amide bonds. The maximum Gasteiger partial charge on any atom is 0.278 e. The molecular weight excluding hydrogens is 257 g/mol. The minimum Gasteiger partial charge on any atom is -0.332 e. The lowest BCUT2D eigenvalue weighted by Gasteiger charge is -2.06. The summed E-state index contributed by atoms with van der Waals surface area (Å²) >= 11 is 0. The minimum atomic E-state index is -3.76. The Morgan fingerprint density at radius 3 is 2.61 bits per heavy atom. The molecule has 0 fully saturated rings. The molecule has 0 aliphatic carbocycles. The van der Waals surface area contributed by atoms with E-state index in [4.69, 9.17) is 0 Å². The van der Waals surface area contributed by atoms with Gasteiger partial charge in [-0.2, -0.15) is 8.42 Å². The Morgan fingerprint density at radius 2 is 2.06 bits per heavy atom. The number of rotatable bonds is 3. The van der Waals surface area contributed by atoms with Crippen LogP contribution in [0.3, 0.4) is 0 Å². The average Bonchev–Trinajstić information content (AvgIpc) is 2.71. The first-order valence-corrected chi connectivity index (χ1v) is 6.67. The first kappa shape index (κ1) is 12.6. The lowest BCUT2D eigenvalue weighted by Crippen LogP contribution is -2.13. The van der Waals surface area contributed by atoms with Crippen molar-refractivity contribution in [1.29, 1.82) is 0 Å². The summed E-state index contributed by atoms with van der Waals surface area (Å²) in [6.45, 7) is 3.25. The van der Waals surface area contributed by atoms with Crippen LogP contribution < -0.4 is 4.72 Å². The number of aromatic nitrogens is 2. The van der Waals surface area contributed by atoms with Crippen LogP contribution in [0.1, 0.15) is 11.4 Å². The van der Waals surface area contributed by atoms with Gasteiger partial charge in [-0.25, -0.2) is 9.37 Å². The zero-order valence-corrected chi connectivity index (χ0v) is 10.7. The number of aryl methyl sites for hydroxylation is 2. The summed E-state index contributed by atoms with van der Waals surface area (Å²) in [7, 11) is -3.76. The molecule has 0 saturated carbocycles. The Hall–Kier alpha value is -1.89. The van der Waals surface area contributed by atoms with Crippen molar-refractivity contribution < 1.29 is 12.8 Å². The molecule has 96 valence electrons. The van der Waals surface area contributed by atoms with E-state index in [1.807, 2.05) is 0 Å². The van der Waals surface area contributed by atoms with Gasteiger partial charge < -0.3 is 4.98 Å². The molecule has 1 aromatic heterocycles. The summed E-state index contributed by atoms with van der Waals surface area (Å²) in [5.41, 5.74) is 0.626. The van der Waals surface area contributed by atoms with Crippen molar-refractivity contribution in [3.8, 4) is 0 Å². The van der Waals surface area contributed by atoms with E-state index in [9.17, 15) is 12.8 Å². The highest BCUT2D eigenvalue weighted by atomic mass is 32.2. The van der Waals surface area contributed by atoms with Gasteiger partial charge in [0.05, 0.1) is 11.9 Å². The van der Waals surface area contributed by atoms with Crippen LogP contribution >= 0.6 is 0 Å². The van der Waals surface area contributed by atoms with E-state index in [0.29, 0.717) is 11.4 Å². The van der Waals surface area contributed by atoms with Crippen molar-refractivity contribution in [3.05, 3.63) is 41.6 Å². The van der Waals surface area contributed by atoms with Gasteiger partial charge in [-0.1, -0.05) is 6.07 Å². The van der Waals surface area contributed by atoms with Crippen LogP contribution in [-0.4, -0.2) is 18.4 Å². The minimum absolute atomic E-state index is 0.0546. The van der Waals surface area contributed by atoms with Gasteiger partial charge in [-0.15, -0.1) is 0 Å². The van der Waals surface area contributed by atoms with Crippen molar-refractivity contribution in [2.45, 2.75) is 18.9 Å². The maximum atomic E-state index is 13.3. The SMILES string of the molecule is Cc1ncc(S(=O)(=O)Nc2ccc(C)c(F)c2)[nH]1. The fourth-order valence-corrected chi connectivity index (χ4v) is 2.42.